The number of rotatable bonds is 2. The fourth-order valence-corrected chi connectivity index (χ4v) is 2.55. The Kier molecular flexibility index (Phi) is 3.74. The first-order valence-electron chi connectivity index (χ1n) is 7.07. The number of pyridine rings is 1. The lowest BCUT2D eigenvalue weighted by Crippen LogP contribution is -2.47. The van der Waals surface area contributed by atoms with Gasteiger partial charge in [-0.3, -0.25) is 4.79 Å². The predicted octanol–water partition coefficient (Wildman–Crippen LogP) is 0.374. The van der Waals surface area contributed by atoms with Crippen molar-refractivity contribution < 1.29 is 0 Å². The first-order chi connectivity index (χ1) is 10.7. The SMILES string of the molecule is Cn1ncc(N2CCN(c3ncccc3C#N)CC2)cc1=O. The summed E-state index contributed by atoms with van der Waals surface area (Å²) in [7, 11) is 1.63. The molecule has 0 unspecified atom stereocenters. The maximum absolute atomic E-state index is 11.7. The summed E-state index contributed by atoms with van der Waals surface area (Å²) in [5, 5.41) is 13.2. The van der Waals surface area contributed by atoms with Gasteiger partial charge < -0.3 is 9.80 Å². The van der Waals surface area contributed by atoms with Gasteiger partial charge in [0.2, 0.25) is 0 Å². The molecule has 0 atom stereocenters. The van der Waals surface area contributed by atoms with E-state index >= 15 is 0 Å². The third-order valence-corrected chi connectivity index (χ3v) is 3.81. The Balaban J connectivity index is 1.74. The van der Waals surface area contributed by atoms with Crippen LogP contribution < -0.4 is 15.4 Å². The second-order valence-corrected chi connectivity index (χ2v) is 5.14. The number of aromatic nitrogens is 3. The van der Waals surface area contributed by atoms with Gasteiger partial charge in [-0.15, -0.1) is 0 Å². The molecule has 22 heavy (non-hydrogen) atoms. The van der Waals surface area contributed by atoms with Crippen LogP contribution in [0.4, 0.5) is 11.5 Å². The van der Waals surface area contributed by atoms with Gasteiger partial charge in [-0.2, -0.15) is 10.4 Å². The summed E-state index contributed by atoms with van der Waals surface area (Å²) >= 11 is 0. The molecule has 7 heteroatoms. The summed E-state index contributed by atoms with van der Waals surface area (Å²) < 4.78 is 1.31. The normalized spacial score (nSPS) is 14.7. The highest BCUT2D eigenvalue weighted by Gasteiger charge is 2.20. The topological polar surface area (TPSA) is 78.1 Å². The van der Waals surface area contributed by atoms with E-state index in [1.165, 1.54) is 4.68 Å². The van der Waals surface area contributed by atoms with Crippen molar-refractivity contribution in [2.75, 3.05) is 36.0 Å². The Morgan fingerprint density at radius 1 is 1.23 bits per heavy atom. The molecule has 3 heterocycles. The Morgan fingerprint density at radius 2 is 1.95 bits per heavy atom. The Bertz CT molecular complexity index is 770. The van der Waals surface area contributed by atoms with Crippen molar-refractivity contribution in [2.45, 2.75) is 0 Å². The van der Waals surface area contributed by atoms with Gasteiger partial charge in [-0.25, -0.2) is 9.67 Å². The van der Waals surface area contributed by atoms with E-state index in [1.807, 2.05) is 0 Å². The van der Waals surface area contributed by atoms with Gasteiger partial charge in [0, 0.05) is 45.5 Å². The molecular weight excluding hydrogens is 280 g/mol. The van der Waals surface area contributed by atoms with Crippen LogP contribution in [-0.4, -0.2) is 40.9 Å². The largest absolute Gasteiger partial charge is 0.367 e. The van der Waals surface area contributed by atoms with Crippen LogP contribution in [0.25, 0.3) is 0 Å². The van der Waals surface area contributed by atoms with Gasteiger partial charge in [0.15, 0.2) is 0 Å². The van der Waals surface area contributed by atoms with E-state index in [9.17, 15) is 4.79 Å². The fourth-order valence-electron chi connectivity index (χ4n) is 2.55. The van der Waals surface area contributed by atoms with Crippen LogP contribution in [-0.2, 0) is 7.05 Å². The molecular formula is C15H16N6O. The smallest absolute Gasteiger partial charge is 0.268 e. The summed E-state index contributed by atoms with van der Waals surface area (Å²) in [6, 6.07) is 7.32. The number of anilines is 2. The summed E-state index contributed by atoms with van der Waals surface area (Å²) in [6.07, 6.45) is 3.41. The Morgan fingerprint density at radius 3 is 2.64 bits per heavy atom. The molecule has 2 aromatic heterocycles. The summed E-state index contributed by atoms with van der Waals surface area (Å²) in [4.78, 5) is 20.2. The molecule has 112 valence electrons. The lowest BCUT2D eigenvalue weighted by Gasteiger charge is -2.36. The number of nitriles is 1. The standard InChI is InChI=1S/C15H16N6O/c1-19-14(22)9-13(11-18-19)20-5-7-21(8-6-20)15-12(10-16)3-2-4-17-15/h2-4,9,11H,5-8H2,1H3. The van der Waals surface area contributed by atoms with E-state index < -0.39 is 0 Å². The van der Waals surface area contributed by atoms with E-state index in [0.29, 0.717) is 5.56 Å². The molecule has 0 bridgehead atoms. The molecule has 1 saturated heterocycles. The molecule has 1 aliphatic heterocycles. The second kappa shape index (κ2) is 5.85. The molecule has 2 aromatic rings. The summed E-state index contributed by atoms with van der Waals surface area (Å²) in [5.74, 6) is 0.728. The Hall–Kier alpha value is -2.88. The zero-order chi connectivity index (χ0) is 15.5. The molecule has 1 aliphatic rings. The lowest BCUT2D eigenvalue weighted by atomic mass is 10.2. The van der Waals surface area contributed by atoms with Crippen LogP contribution in [0.15, 0.2) is 35.4 Å². The molecule has 0 N–H and O–H groups in total. The van der Waals surface area contributed by atoms with Crippen molar-refractivity contribution in [3.05, 3.63) is 46.5 Å². The number of aryl methyl sites for hydroxylation is 1. The molecule has 0 saturated carbocycles. The fraction of sp³-hybridized carbons (Fsp3) is 0.333. The molecule has 3 rings (SSSR count). The molecule has 0 aliphatic carbocycles. The van der Waals surface area contributed by atoms with Crippen molar-refractivity contribution in [1.29, 1.82) is 5.26 Å². The third kappa shape index (κ3) is 2.63. The van der Waals surface area contributed by atoms with Crippen LogP contribution in [0.3, 0.4) is 0 Å². The monoisotopic (exact) mass is 296 g/mol. The number of piperazine rings is 1. The molecule has 0 spiro atoms. The Labute approximate surface area is 128 Å². The summed E-state index contributed by atoms with van der Waals surface area (Å²) in [5.41, 5.74) is 1.31. The van der Waals surface area contributed by atoms with E-state index in [0.717, 1.165) is 37.7 Å². The van der Waals surface area contributed by atoms with E-state index in [-0.39, 0.29) is 5.56 Å². The van der Waals surface area contributed by atoms with Crippen LogP contribution in [0.2, 0.25) is 0 Å². The predicted molar refractivity (Wildman–Crippen MR) is 82.9 cm³/mol. The highest BCUT2D eigenvalue weighted by molar-refractivity contribution is 5.55. The van der Waals surface area contributed by atoms with E-state index in [2.05, 4.69) is 26.0 Å². The third-order valence-electron chi connectivity index (χ3n) is 3.81. The highest BCUT2D eigenvalue weighted by atomic mass is 16.1. The van der Waals surface area contributed by atoms with Crippen LogP contribution in [0.5, 0.6) is 0 Å². The van der Waals surface area contributed by atoms with Gasteiger partial charge in [-0.1, -0.05) is 0 Å². The zero-order valence-electron chi connectivity index (χ0n) is 12.3. The van der Waals surface area contributed by atoms with Gasteiger partial charge in [-0.05, 0) is 12.1 Å². The average Bonchev–Trinajstić information content (AvgIpc) is 2.57. The quantitative estimate of drug-likeness (QED) is 0.797. The van der Waals surface area contributed by atoms with Gasteiger partial charge >= 0.3 is 0 Å². The van der Waals surface area contributed by atoms with Crippen molar-refractivity contribution in [3.8, 4) is 6.07 Å². The minimum absolute atomic E-state index is 0.114. The van der Waals surface area contributed by atoms with Gasteiger partial charge in [0.25, 0.3) is 5.56 Å². The maximum atomic E-state index is 11.7. The highest BCUT2D eigenvalue weighted by Crippen LogP contribution is 2.20. The van der Waals surface area contributed by atoms with Crippen molar-refractivity contribution in [2.24, 2.45) is 7.05 Å². The molecule has 0 amide bonds. The van der Waals surface area contributed by atoms with Gasteiger partial charge in [0.05, 0.1) is 17.4 Å². The number of nitrogens with zero attached hydrogens (tertiary/aromatic N) is 6. The van der Waals surface area contributed by atoms with Crippen LogP contribution in [0, 0.1) is 11.3 Å². The summed E-state index contributed by atoms with van der Waals surface area (Å²) in [6.45, 7) is 3.02. The van der Waals surface area contributed by atoms with Crippen molar-refractivity contribution in [3.63, 3.8) is 0 Å². The maximum Gasteiger partial charge on any atom is 0.268 e. The molecule has 0 aromatic carbocycles. The first kappa shape index (κ1) is 14.1. The average molecular weight is 296 g/mol. The minimum Gasteiger partial charge on any atom is -0.367 e. The van der Waals surface area contributed by atoms with E-state index in [1.54, 1.807) is 37.6 Å². The lowest BCUT2D eigenvalue weighted by molar-refractivity contribution is 0.638. The molecule has 0 radical (unpaired) electrons. The second-order valence-electron chi connectivity index (χ2n) is 5.14. The zero-order valence-corrected chi connectivity index (χ0v) is 12.3. The van der Waals surface area contributed by atoms with Crippen molar-refractivity contribution in [1.82, 2.24) is 14.8 Å². The molecule has 7 nitrogen and oxygen atoms in total. The molecule has 1 fully saturated rings. The van der Waals surface area contributed by atoms with Crippen LogP contribution in [0.1, 0.15) is 5.56 Å². The number of hydrogen-bond donors (Lipinski definition) is 0. The van der Waals surface area contributed by atoms with Gasteiger partial charge in [0.1, 0.15) is 11.9 Å². The minimum atomic E-state index is -0.114. The van der Waals surface area contributed by atoms with E-state index in [4.69, 9.17) is 5.26 Å². The first-order valence-corrected chi connectivity index (χ1v) is 7.07. The van der Waals surface area contributed by atoms with Crippen molar-refractivity contribution >= 4 is 11.5 Å². The number of hydrogen-bond acceptors (Lipinski definition) is 6. The van der Waals surface area contributed by atoms with Crippen LogP contribution >= 0.6 is 0 Å².